The second-order valence-electron chi connectivity index (χ2n) is 3.97. The minimum absolute atomic E-state index is 0. The van der Waals surface area contributed by atoms with Crippen molar-refractivity contribution in [2.45, 2.75) is 38.1 Å². The number of aliphatic hydroxyl groups is 1. The van der Waals surface area contributed by atoms with Crippen molar-refractivity contribution in [3.05, 3.63) is 35.4 Å². The highest BCUT2D eigenvalue weighted by atomic mass is 35.5. The smallest absolute Gasteiger partial charge is 0.391 e. The molecule has 0 unspecified atom stereocenters. The van der Waals surface area contributed by atoms with Crippen LogP contribution in [0.2, 0.25) is 0 Å². The Kier molecular flexibility index (Phi) is 6.67. The highest BCUT2D eigenvalue weighted by Gasteiger charge is 2.35. The Morgan fingerprint density at radius 3 is 2.33 bits per heavy atom. The van der Waals surface area contributed by atoms with E-state index in [1.807, 2.05) is 6.92 Å². The van der Waals surface area contributed by atoms with E-state index in [0.717, 1.165) is 6.07 Å². The molecule has 1 aromatic rings. The highest BCUT2D eigenvalue weighted by molar-refractivity contribution is 5.85. The third-order valence-electron chi connectivity index (χ3n) is 2.62. The van der Waals surface area contributed by atoms with E-state index in [4.69, 9.17) is 5.73 Å². The van der Waals surface area contributed by atoms with Crippen LogP contribution in [0.4, 0.5) is 13.2 Å². The molecular weight excluding hydrogens is 267 g/mol. The molecule has 0 radical (unpaired) electrons. The van der Waals surface area contributed by atoms with Crippen molar-refractivity contribution in [3.63, 3.8) is 0 Å². The molecule has 3 N–H and O–H groups in total. The van der Waals surface area contributed by atoms with Crippen LogP contribution in [0, 0.1) is 0 Å². The molecule has 0 aliphatic carbocycles. The lowest BCUT2D eigenvalue weighted by Crippen LogP contribution is -2.28. The number of hydrogen-bond acceptors (Lipinski definition) is 2. The maximum atomic E-state index is 12.7. The Balaban J connectivity index is 0.00000289. The molecule has 1 rings (SSSR count). The van der Waals surface area contributed by atoms with Gasteiger partial charge in [-0.2, -0.15) is 13.2 Å². The highest BCUT2D eigenvalue weighted by Crippen LogP contribution is 2.35. The minimum atomic E-state index is -4.44. The van der Waals surface area contributed by atoms with Crippen molar-refractivity contribution >= 4 is 12.4 Å². The van der Waals surface area contributed by atoms with E-state index >= 15 is 0 Å². The summed E-state index contributed by atoms with van der Waals surface area (Å²) in [4.78, 5) is 0. The topological polar surface area (TPSA) is 46.2 Å². The van der Waals surface area contributed by atoms with Crippen molar-refractivity contribution in [1.82, 2.24) is 0 Å². The van der Waals surface area contributed by atoms with Crippen LogP contribution in [0.25, 0.3) is 0 Å². The van der Waals surface area contributed by atoms with Gasteiger partial charge in [-0.05, 0) is 18.1 Å². The van der Waals surface area contributed by atoms with E-state index in [1.165, 1.54) is 18.2 Å². The second-order valence-corrected chi connectivity index (χ2v) is 3.97. The molecule has 0 heterocycles. The molecule has 18 heavy (non-hydrogen) atoms. The van der Waals surface area contributed by atoms with Crippen molar-refractivity contribution < 1.29 is 18.3 Å². The number of halogens is 4. The zero-order valence-corrected chi connectivity index (χ0v) is 10.8. The van der Waals surface area contributed by atoms with Crippen molar-refractivity contribution in [2.75, 3.05) is 0 Å². The zero-order chi connectivity index (χ0) is 13.1. The molecule has 0 saturated heterocycles. The van der Waals surface area contributed by atoms with Crippen LogP contribution in [0.1, 0.15) is 36.9 Å². The first-order valence-corrected chi connectivity index (χ1v) is 5.47. The lowest BCUT2D eigenvalue weighted by Gasteiger charge is -2.22. The number of alkyl halides is 3. The van der Waals surface area contributed by atoms with Crippen LogP contribution < -0.4 is 5.73 Å². The van der Waals surface area contributed by atoms with Crippen LogP contribution in [0.3, 0.4) is 0 Å². The first kappa shape index (κ1) is 17.2. The van der Waals surface area contributed by atoms with Crippen molar-refractivity contribution in [3.8, 4) is 0 Å². The Morgan fingerprint density at radius 1 is 1.28 bits per heavy atom. The fourth-order valence-corrected chi connectivity index (χ4v) is 1.73. The maximum absolute atomic E-state index is 12.7. The summed E-state index contributed by atoms with van der Waals surface area (Å²) in [5, 5.41) is 9.67. The molecule has 0 amide bonds. The van der Waals surface area contributed by atoms with Gasteiger partial charge in [0.25, 0.3) is 0 Å². The summed E-state index contributed by atoms with van der Waals surface area (Å²) >= 11 is 0. The summed E-state index contributed by atoms with van der Waals surface area (Å²) in [6.45, 7) is 1.84. The quantitative estimate of drug-likeness (QED) is 0.891. The van der Waals surface area contributed by atoms with Gasteiger partial charge in [0.05, 0.1) is 17.7 Å². The third kappa shape index (κ3) is 4.15. The summed E-state index contributed by atoms with van der Waals surface area (Å²) < 4.78 is 38.2. The normalized spacial score (nSPS) is 14.8. The molecular formula is C12H17ClF3NO. The Labute approximate surface area is 110 Å². The van der Waals surface area contributed by atoms with Crippen LogP contribution in [0.15, 0.2) is 24.3 Å². The fraction of sp³-hybridized carbons (Fsp3) is 0.500. The summed E-state index contributed by atoms with van der Waals surface area (Å²) in [6, 6.07) is 4.09. The van der Waals surface area contributed by atoms with E-state index in [9.17, 15) is 18.3 Å². The van der Waals surface area contributed by atoms with E-state index in [1.54, 1.807) is 0 Å². The number of hydrogen-bond donors (Lipinski definition) is 2. The summed E-state index contributed by atoms with van der Waals surface area (Å²) in [6.07, 6.45) is -4.35. The molecule has 0 saturated carbocycles. The van der Waals surface area contributed by atoms with Crippen LogP contribution in [-0.2, 0) is 6.18 Å². The van der Waals surface area contributed by atoms with Crippen molar-refractivity contribution in [1.29, 1.82) is 0 Å². The number of benzene rings is 1. The van der Waals surface area contributed by atoms with Gasteiger partial charge in [-0.1, -0.05) is 31.5 Å². The Hall–Kier alpha value is -0.780. The minimum Gasteiger partial charge on any atom is -0.391 e. The maximum Gasteiger partial charge on any atom is 0.416 e. The van der Waals surface area contributed by atoms with Gasteiger partial charge in [-0.15, -0.1) is 12.4 Å². The summed E-state index contributed by atoms with van der Waals surface area (Å²) in [5.41, 5.74) is 4.84. The van der Waals surface area contributed by atoms with Gasteiger partial charge in [0, 0.05) is 0 Å². The first-order valence-electron chi connectivity index (χ1n) is 5.47. The largest absolute Gasteiger partial charge is 0.416 e. The molecule has 0 spiro atoms. The van der Waals surface area contributed by atoms with E-state index in [2.05, 4.69) is 0 Å². The number of rotatable bonds is 4. The average molecular weight is 284 g/mol. The van der Waals surface area contributed by atoms with Crippen molar-refractivity contribution in [2.24, 2.45) is 5.73 Å². The lowest BCUT2D eigenvalue weighted by molar-refractivity contribution is -0.138. The van der Waals surface area contributed by atoms with E-state index in [-0.39, 0.29) is 18.0 Å². The zero-order valence-electron chi connectivity index (χ0n) is 9.95. The molecule has 0 bridgehead atoms. The third-order valence-corrected chi connectivity index (χ3v) is 2.62. The molecule has 0 fully saturated rings. The molecule has 0 aliphatic heterocycles. The van der Waals surface area contributed by atoms with Gasteiger partial charge in [0.1, 0.15) is 0 Å². The molecule has 0 aromatic heterocycles. The van der Waals surface area contributed by atoms with Crippen LogP contribution in [-0.4, -0.2) is 11.2 Å². The second kappa shape index (κ2) is 6.97. The summed E-state index contributed by atoms with van der Waals surface area (Å²) in [5.74, 6) is 0. The van der Waals surface area contributed by atoms with E-state index < -0.39 is 23.9 Å². The first-order chi connectivity index (χ1) is 7.88. The van der Waals surface area contributed by atoms with Crippen LogP contribution in [0.5, 0.6) is 0 Å². The monoisotopic (exact) mass is 283 g/mol. The van der Waals surface area contributed by atoms with Gasteiger partial charge < -0.3 is 10.8 Å². The fourth-order valence-electron chi connectivity index (χ4n) is 1.73. The van der Waals surface area contributed by atoms with Crippen LogP contribution >= 0.6 is 12.4 Å². The predicted molar refractivity (Wildman–Crippen MR) is 66.5 cm³/mol. The van der Waals surface area contributed by atoms with Gasteiger partial charge >= 0.3 is 6.18 Å². The SMILES string of the molecule is CCC[C@@H](O)[C@@H](N)c1ccccc1C(F)(F)F.Cl. The predicted octanol–water partition coefficient (Wildman–Crippen LogP) is 3.29. The number of aliphatic hydroxyl groups excluding tert-OH is 1. The Morgan fingerprint density at radius 2 is 1.83 bits per heavy atom. The lowest BCUT2D eigenvalue weighted by atomic mass is 9.94. The molecule has 2 atom stereocenters. The molecule has 1 aromatic carbocycles. The molecule has 104 valence electrons. The standard InChI is InChI=1S/C12H16F3NO.ClH/c1-2-5-10(17)11(16)8-6-3-4-7-9(8)12(13,14)15;/h3-4,6-7,10-11,17H,2,5,16H2,1H3;1H/t10-,11+;/m1./s1. The summed E-state index contributed by atoms with van der Waals surface area (Å²) in [7, 11) is 0. The molecule has 0 aliphatic rings. The van der Waals surface area contributed by atoms with E-state index in [0.29, 0.717) is 12.8 Å². The molecule has 6 heteroatoms. The van der Waals surface area contributed by atoms with Gasteiger partial charge in [0.2, 0.25) is 0 Å². The number of nitrogens with two attached hydrogens (primary N) is 1. The van der Waals surface area contributed by atoms with Gasteiger partial charge in [-0.3, -0.25) is 0 Å². The molecule has 2 nitrogen and oxygen atoms in total. The Bertz CT molecular complexity index is 371. The average Bonchev–Trinajstić information content (AvgIpc) is 2.27. The van der Waals surface area contributed by atoms with Gasteiger partial charge in [0.15, 0.2) is 0 Å². The van der Waals surface area contributed by atoms with Gasteiger partial charge in [-0.25, -0.2) is 0 Å².